The molecule has 1 aliphatic rings. The van der Waals surface area contributed by atoms with E-state index >= 15 is 4.39 Å². The smallest absolute Gasteiger partial charge is 0.227 e. The fourth-order valence-corrected chi connectivity index (χ4v) is 4.97. The molecule has 0 aliphatic heterocycles. The van der Waals surface area contributed by atoms with Gasteiger partial charge in [0.2, 0.25) is 5.91 Å². The van der Waals surface area contributed by atoms with Crippen LogP contribution in [-0.4, -0.2) is 41.0 Å². The number of pyridine rings is 3. The quantitative estimate of drug-likeness (QED) is 0.286. The normalized spacial score (nSPS) is 13.5. The van der Waals surface area contributed by atoms with Crippen molar-refractivity contribution in [2.24, 2.45) is 5.92 Å². The lowest BCUT2D eigenvalue weighted by Crippen LogP contribution is -2.13. The zero-order chi connectivity index (χ0) is 25.1. The van der Waals surface area contributed by atoms with E-state index in [-0.39, 0.29) is 33.7 Å². The molecule has 7 rings (SSSR count). The minimum absolute atomic E-state index is 0.0294. The summed E-state index contributed by atoms with van der Waals surface area (Å²) >= 11 is 0.971. The van der Waals surface area contributed by atoms with Crippen LogP contribution >= 0.6 is 11.3 Å². The van der Waals surface area contributed by atoms with Crippen molar-refractivity contribution in [3.63, 3.8) is 0 Å². The monoisotopic (exact) mass is 514 g/mol. The van der Waals surface area contributed by atoms with E-state index in [1.54, 1.807) is 24.4 Å². The molecule has 6 aromatic heterocycles. The second-order valence-electron chi connectivity index (χ2n) is 8.75. The molecule has 1 saturated carbocycles. The molecule has 1 fully saturated rings. The third kappa shape index (κ3) is 3.73. The van der Waals surface area contributed by atoms with Crippen molar-refractivity contribution in [2.45, 2.75) is 12.8 Å². The first kappa shape index (κ1) is 21.7. The topological polar surface area (TPSA) is 125 Å². The lowest BCUT2D eigenvalue weighted by Gasteiger charge is -2.07. The number of anilines is 1. The molecule has 6 heterocycles. The highest BCUT2D eigenvalue weighted by molar-refractivity contribution is 7.13. The molecule has 0 atom stereocenters. The first-order valence-electron chi connectivity index (χ1n) is 11.4. The second-order valence-corrected chi connectivity index (χ2v) is 9.79. The van der Waals surface area contributed by atoms with Gasteiger partial charge in [-0.2, -0.15) is 9.49 Å². The predicted molar refractivity (Wildman–Crippen MR) is 135 cm³/mol. The first-order chi connectivity index (χ1) is 18.0. The molecule has 0 saturated heterocycles. The molecule has 6 aromatic rings. The van der Waals surface area contributed by atoms with Gasteiger partial charge in [-0.05, 0) is 37.1 Å². The zero-order valence-corrected chi connectivity index (χ0v) is 19.7. The Morgan fingerprint density at radius 2 is 1.92 bits per heavy atom. The second kappa shape index (κ2) is 8.23. The van der Waals surface area contributed by atoms with Crippen LogP contribution in [0.1, 0.15) is 12.8 Å². The van der Waals surface area contributed by atoms with E-state index in [2.05, 4.69) is 40.4 Å². The van der Waals surface area contributed by atoms with Crippen molar-refractivity contribution in [2.75, 3.05) is 5.32 Å². The lowest BCUT2D eigenvalue weighted by atomic mass is 10.1. The Labute approximate surface area is 211 Å². The number of nitrogens with one attached hydrogen (secondary N) is 3. The summed E-state index contributed by atoms with van der Waals surface area (Å²) in [7, 11) is 0. The van der Waals surface area contributed by atoms with Gasteiger partial charge in [-0.3, -0.25) is 24.8 Å². The maximum absolute atomic E-state index is 15.9. The van der Waals surface area contributed by atoms with Gasteiger partial charge < -0.3 is 10.3 Å². The SMILES string of the molecule is O=C(Nc1cncc(-c2ncc3[nH]nc(-c4nc5c(-c6ccc(F)s6)nccc5[nH]4)c3c2F)c1)C1CC1. The van der Waals surface area contributed by atoms with E-state index in [1.165, 1.54) is 24.7 Å². The fourth-order valence-electron chi connectivity index (χ4n) is 4.24. The average Bonchev–Trinajstić information content (AvgIpc) is 3.29. The molecular weight excluding hydrogens is 498 g/mol. The molecule has 0 radical (unpaired) electrons. The summed E-state index contributed by atoms with van der Waals surface area (Å²) in [5.74, 6) is -0.314. The highest BCUT2D eigenvalue weighted by atomic mass is 32.1. The average molecular weight is 515 g/mol. The molecule has 9 nitrogen and oxygen atoms in total. The summed E-state index contributed by atoms with van der Waals surface area (Å²) < 4.78 is 29.6. The summed E-state index contributed by atoms with van der Waals surface area (Å²) in [5.41, 5.74) is 3.31. The zero-order valence-electron chi connectivity index (χ0n) is 18.9. The molecule has 37 heavy (non-hydrogen) atoms. The van der Waals surface area contributed by atoms with Crippen LogP contribution in [0, 0.1) is 16.9 Å². The van der Waals surface area contributed by atoms with Crippen molar-refractivity contribution < 1.29 is 13.6 Å². The van der Waals surface area contributed by atoms with E-state index in [0.29, 0.717) is 44.2 Å². The molecule has 3 N–H and O–H groups in total. The van der Waals surface area contributed by atoms with Crippen LogP contribution in [0.25, 0.3) is 55.3 Å². The van der Waals surface area contributed by atoms with Crippen molar-refractivity contribution in [3.8, 4) is 33.3 Å². The highest BCUT2D eigenvalue weighted by Gasteiger charge is 2.29. The summed E-state index contributed by atoms with van der Waals surface area (Å²) in [5, 5.41) is 9.81. The van der Waals surface area contributed by atoms with Crippen molar-refractivity contribution >= 4 is 44.9 Å². The summed E-state index contributed by atoms with van der Waals surface area (Å²) in [6.07, 6.45) is 7.84. The summed E-state index contributed by atoms with van der Waals surface area (Å²) in [6, 6.07) is 6.40. The number of H-pyrrole nitrogens is 2. The number of thiophene rings is 1. The van der Waals surface area contributed by atoms with Gasteiger partial charge in [0, 0.05) is 23.9 Å². The number of nitrogens with zero attached hydrogens (tertiary/aromatic N) is 5. The third-order valence-corrected chi connectivity index (χ3v) is 7.08. The van der Waals surface area contributed by atoms with Crippen molar-refractivity contribution in [1.29, 1.82) is 0 Å². The molecule has 0 unspecified atom stereocenters. The Morgan fingerprint density at radius 1 is 1.03 bits per heavy atom. The first-order valence-corrected chi connectivity index (χ1v) is 12.3. The molecule has 0 spiro atoms. The predicted octanol–water partition coefficient (Wildman–Crippen LogP) is 5.31. The number of imidazole rings is 1. The number of rotatable bonds is 5. The standard InChI is InChI=1S/C25H16F2N8OS/c26-17-4-3-16(37-17)22-21-14(5-6-29-22)32-24(33-21)23-18-15(34-35-23)10-30-20(19(18)27)12-7-13(9-28-8-12)31-25(36)11-1-2-11/h3-11H,1-2H2,(H,31,36)(H,32,33)(H,34,35). The highest BCUT2D eigenvalue weighted by Crippen LogP contribution is 2.36. The summed E-state index contributed by atoms with van der Waals surface area (Å²) in [4.78, 5) is 33.4. The molecule has 0 aromatic carbocycles. The number of halogens is 2. The molecule has 0 bridgehead atoms. The molecule has 182 valence electrons. The van der Waals surface area contributed by atoms with Crippen LogP contribution in [0.3, 0.4) is 0 Å². The van der Waals surface area contributed by atoms with Gasteiger partial charge in [-0.1, -0.05) is 0 Å². The van der Waals surface area contributed by atoms with Crippen molar-refractivity contribution in [1.82, 2.24) is 35.1 Å². The van der Waals surface area contributed by atoms with E-state index in [1.807, 2.05) is 0 Å². The Hall–Kier alpha value is -4.58. The van der Waals surface area contributed by atoms with Gasteiger partial charge in [0.25, 0.3) is 0 Å². The number of fused-ring (bicyclic) bond motifs is 2. The number of hydrogen-bond donors (Lipinski definition) is 3. The fraction of sp³-hybridized carbons (Fsp3) is 0.120. The Bertz CT molecular complexity index is 1840. The Kier molecular flexibility index (Phi) is 4.83. The minimum Gasteiger partial charge on any atom is -0.336 e. The number of hydrogen-bond acceptors (Lipinski definition) is 7. The number of aromatic nitrogens is 7. The Balaban J connectivity index is 1.32. The Morgan fingerprint density at radius 3 is 2.73 bits per heavy atom. The number of carbonyl (C=O) groups excluding carboxylic acids is 1. The van der Waals surface area contributed by atoms with Crippen LogP contribution in [0.15, 0.2) is 49.1 Å². The molecule has 12 heteroatoms. The van der Waals surface area contributed by atoms with Crippen LogP contribution in [-0.2, 0) is 4.79 Å². The van der Waals surface area contributed by atoms with Crippen molar-refractivity contribution in [3.05, 3.63) is 60.0 Å². The van der Waals surface area contributed by atoms with Crippen LogP contribution in [0.2, 0.25) is 0 Å². The maximum Gasteiger partial charge on any atom is 0.227 e. The van der Waals surface area contributed by atoms with Gasteiger partial charge in [0.15, 0.2) is 16.8 Å². The molecule has 1 aliphatic carbocycles. The van der Waals surface area contributed by atoms with Crippen LogP contribution in [0.4, 0.5) is 14.5 Å². The minimum atomic E-state index is -0.604. The summed E-state index contributed by atoms with van der Waals surface area (Å²) in [6.45, 7) is 0. The van der Waals surface area contributed by atoms with Gasteiger partial charge in [-0.25, -0.2) is 9.37 Å². The van der Waals surface area contributed by atoms with E-state index in [4.69, 9.17) is 0 Å². The van der Waals surface area contributed by atoms with E-state index in [0.717, 1.165) is 24.2 Å². The largest absolute Gasteiger partial charge is 0.336 e. The lowest BCUT2D eigenvalue weighted by molar-refractivity contribution is -0.117. The van der Waals surface area contributed by atoms with Gasteiger partial charge >= 0.3 is 0 Å². The van der Waals surface area contributed by atoms with Gasteiger partial charge in [0.1, 0.15) is 22.6 Å². The van der Waals surface area contributed by atoms with Crippen LogP contribution < -0.4 is 5.32 Å². The molecule has 1 amide bonds. The van der Waals surface area contributed by atoms with Crippen LogP contribution in [0.5, 0.6) is 0 Å². The van der Waals surface area contributed by atoms with Gasteiger partial charge in [0.05, 0.1) is 39.4 Å². The number of amides is 1. The number of carbonyl (C=O) groups is 1. The third-order valence-electron chi connectivity index (χ3n) is 6.20. The van der Waals surface area contributed by atoms with E-state index in [9.17, 15) is 9.18 Å². The molecular formula is C25H16F2N8OS. The maximum atomic E-state index is 15.9. The van der Waals surface area contributed by atoms with E-state index < -0.39 is 5.82 Å². The van der Waals surface area contributed by atoms with Gasteiger partial charge in [-0.15, -0.1) is 11.3 Å². The number of aromatic amines is 2.